The van der Waals surface area contributed by atoms with Crippen molar-refractivity contribution in [2.75, 3.05) is 5.32 Å². The van der Waals surface area contributed by atoms with E-state index in [2.05, 4.69) is 15.3 Å². The molecule has 1 heterocycles. The highest BCUT2D eigenvalue weighted by Gasteiger charge is 2.09. The minimum Gasteiger partial charge on any atom is -0.324 e. The van der Waals surface area contributed by atoms with Gasteiger partial charge in [0.25, 0.3) is 5.69 Å². The first-order valence-corrected chi connectivity index (χ1v) is 6.60. The third kappa shape index (κ3) is 2.93. The van der Waals surface area contributed by atoms with E-state index in [-0.39, 0.29) is 18.0 Å². The van der Waals surface area contributed by atoms with Gasteiger partial charge in [0, 0.05) is 12.1 Å². The Labute approximate surface area is 125 Å². The molecule has 0 bridgehead atoms. The Morgan fingerprint density at radius 2 is 1.91 bits per heavy atom. The lowest BCUT2D eigenvalue weighted by Gasteiger charge is -2.02. The number of amides is 1. The van der Waals surface area contributed by atoms with Gasteiger partial charge in [-0.15, -0.1) is 0 Å². The van der Waals surface area contributed by atoms with Crippen molar-refractivity contribution >= 4 is 28.6 Å². The number of para-hydroxylation sites is 2. The third-order valence-electron chi connectivity index (χ3n) is 3.16. The van der Waals surface area contributed by atoms with Gasteiger partial charge in [0.2, 0.25) is 11.9 Å². The average molecular weight is 296 g/mol. The molecule has 3 aromatic rings. The predicted molar refractivity (Wildman–Crippen MR) is 81.5 cm³/mol. The van der Waals surface area contributed by atoms with Gasteiger partial charge in [-0.25, -0.2) is 4.98 Å². The van der Waals surface area contributed by atoms with E-state index < -0.39 is 4.92 Å². The number of non-ortho nitro benzene ring substituents is 1. The fourth-order valence-corrected chi connectivity index (χ4v) is 2.11. The van der Waals surface area contributed by atoms with E-state index in [4.69, 9.17) is 0 Å². The van der Waals surface area contributed by atoms with Crippen molar-refractivity contribution in [2.24, 2.45) is 0 Å². The van der Waals surface area contributed by atoms with E-state index in [9.17, 15) is 14.9 Å². The first-order valence-electron chi connectivity index (χ1n) is 6.60. The Morgan fingerprint density at radius 1 is 1.18 bits per heavy atom. The number of rotatable bonds is 4. The molecule has 0 aliphatic rings. The maximum absolute atomic E-state index is 12.0. The Bertz CT molecular complexity index is 806. The highest BCUT2D eigenvalue weighted by atomic mass is 16.6. The molecule has 0 saturated heterocycles. The number of fused-ring (bicyclic) bond motifs is 1. The van der Waals surface area contributed by atoms with Gasteiger partial charge in [0.1, 0.15) is 0 Å². The maximum atomic E-state index is 12.0. The number of carbonyl (C=O) groups excluding carboxylic acids is 1. The number of hydrogen-bond acceptors (Lipinski definition) is 4. The second kappa shape index (κ2) is 5.65. The number of imidazole rings is 1. The molecule has 0 aliphatic carbocycles. The lowest BCUT2D eigenvalue weighted by Crippen LogP contribution is -2.15. The van der Waals surface area contributed by atoms with Crippen LogP contribution < -0.4 is 5.32 Å². The highest BCUT2D eigenvalue weighted by Crippen LogP contribution is 2.15. The van der Waals surface area contributed by atoms with Crippen LogP contribution in [-0.2, 0) is 11.2 Å². The van der Waals surface area contributed by atoms with Crippen LogP contribution in [-0.4, -0.2) is 20.8 Å². The molecule has 0 aliphatic heterocycles. The molecular weight excluding hydrogens is 284 g/mol. The Kier molecular flexibility index (Phi) is 3.53. The number of benzene rings is 2. The Hall–Kier alpha value is -3.22. The molecule has 2 aromatic carbocycles. The zero-order chi connectivity index (χ0) is 15.5. The fraction of sp³-hybridized carbons (Fsp3) is 0.0667. The molecule has 22 heavy (non-hydrogen) atoms. The molecule has 1 aromatic heterocycles. The molecule has 3 rings (SSSR count). The summed E-state index contributed by atoms with van der Waals surface area (Å²) < 4.78 is 0. The molecule has 0 fully saturated rings. The van der Waals surface area contributed by atoms with Gasteiger partial charge in [-0.05, 0) is 17.7 Å². The second-order valence-electron chi connectivity index (χ2n) is 4.75. The number of nitro groups is 1. The summed E-state index contributed by atoms with van der Waals surface area (Å²) in [4.78, 5) is 29.3. The number of nitrogens with one attached hydrogen (secondary N) is 2. The molecule has 0 unspecified atom stereocenters. The molecular formula is C15H12N4O3. The van der Waals surface area contributed by atoms with Crippen LogP contribution in [0.15, 0.2) is 48.5 Å². The van der Waals surface area contributed by atoms with Gasteiger partial charge in [0.15, 0.2) is 0 Å². The summed E-state index contributed by atoms with van der Waals surface area (Å²) in [6.45, 7) is 0. The minimum absolute atomic E-state index is 0.00134. The SMILES string of the molecule is O=C(Cc1ccc([N+](=O)[O-])cc1)Nc1nc2ccccc2[nH]1. The summed E-state index contributed by atoms with van der Waals surface area (Å²) in [5, 5.41) is 13.3. The number of aromatic amines is 1. The van der Waals surface area contributed by atoms with Crippen molar-refractivity contribution < 1.29 is 9.72 Å². The molecule has 7 nitrogen and oxygen atoms in total. The molecule has 110 valence electrons. The summed E-state index contributed by atoms with van der Waals surface area (Å²) in [6, 6.07) is 13.3. The van der Waals surface area contributed by atoms with Crippen molar-refractivity contribution in [1.29, 1.82) is 0 Å². The van der Waals surface area contributed by atoms with Crippen molar-refractivity contribution in [3.05, 3.63) is 64.2 Å². The van der Waals surface area contributed by atoms with Gasteiger partial charge in [0.05, 0.1) is 22.4 Å². The van der Waals surface area contributed by atoms with Gasteiger partial charge in [-0.2, -0.15) is 0 Å². The monoisotopic (exact) mass is 296 g/mol. The highest BCUT2D eigenvalue weighted by molar-refractivity contribution is 5.92. The number of H-pyrrole nitrogens is 1. The van der Waals surface area contributed by atoms with E-state index in [1.54, 1.807) is 12.1 Å². The Morgan fingerprint density at radius 3 is 2.59 bits per heavy atom. The molecule has 0 spiro atoms. The van der Waals surface area contributed by atoms with E-state index in [1.807, 2.05) is 24.3 Å². The van der Waals surface area contributed by atoms with Crippen molar-refractivity contribution in [2.45, 2.75) is 6.42 Å². The molecule has 0 saturated carbocycles. The number of nitro benzene ring substituents is 1. The van der Waals surface area contributed by atoms with Crippen LogP contribution in [0.25, 0.3) is 11.0 Å². The molecule has 0 atom stereocenters. The first-order chi connectivity index (χ1) is 10.6. The largest absolute Gasteiger partial charge is 0.324 e. The first kappa shape index (κ1) is 13.7. The summed E-state index contributed by atoms with van der Waals surface area (Å²) in [5.74, 6) is 0.140. The van der Waals surface area contributed by atoms with Gasteiger partial charge in [-0.3, -0.25) is 20.2 Å². The lowest BCUT2D eigenvalue weighted by molar-refractivity contribution is -0.384. The van der Waals surface area contributed by atoms with Crippen LogP contribution >= 0.6 is 0 Å². The fourth-order valence-electron chi connectivity index (χ4n) is 2.11. The topological polar surface area (TPSA) is 101 Å². The van der Waals surface area contributed by atoms with Crippen LogP contribution in [0.1, 0.15) is 5.56 Å². The zero-order valence-electron chi connectivity index (χ0n) is 11.4. The quantitative estimate of drug-likeness (QED) is 0.570. The van der Waals surface area contributed by atoms with Crippen molar-refractivity contribution in [3.8, 4) is 0 Å². The number of carbonyl (C=O) groups is 1. The van der Waals surface area contributed by atoms with E-state index >= 15 is 0 Å². The molecule has 0 radical (unpaired) electrons. The number of hydrogen-bond donors (Lipinski definition) is 2. The normalized spacial score (nSPS) is 10.5. The van der Waals surface area contributed by atoms with Crippen molar-refractivity contribution in [3.63, 3.8) is 0 Å². The number of aromatic nitrogens is 2. The standard InChI is InChI=1S/C15H12N4O3/c20-14(9-10-5-7-11(8-6-10)19(21)22)18-15-16-12-3-1-2-4-13(12)17-15/h1-8H,9H2,(H2,16,17,18,20). The maximum Gasteiger partial charge on any atom is 0.269 e. The minimum atomic E-state index is -0.474. The summed E-state index contributed by atoms with van der Waals surface area (Å²) >= 11 is 0. The van der Waals surface area contributed by atoms with Gasteiger partial charge >= 0.3 is 0 Å². The lowest BCUT2D eigenvalue weighted by atomic mass is 10.1. The van der Waals surface area contributed by atoms with Crippen LogP contribution in [0.2, 0.25) is 0 Å². The van der Waals surface area contributed by atoms with Crippen LogP contribution in [0.5, 0.6) is 0 Å². The molecule has 7 heteroatoms. The van der Waals surface area contributed by atoms with Crippen LogP contribution in [0.4, 0.5) is 11.6 Å². The molecule has 1 amide bonds. The number of nitrogens with zero attached hydrogens (tertiary/aromatic N) is 2. The number of anilines is 1. The molecule has 2 N–H and O–H groups in total. The average Bonchev–Trinajstić information content (AvgIpc) is 2.89. The van der Waals surface area contributed by atoms with E-state index in [0.29, 0.717) is 11.5 Å². The smallest absolute Gasteiger partial charge is 0.269 e. The third-order valence-corrected chi connectivity index (χ3v) is 3.16. The van der Waals surface area contributed by atoms with Crippen molar-refractivity contribution in [1.82, 2.24) is 9.97 Å². The van der Waals surface area contributed by atoms with Gasteiger partial charge in [-0.1, -0.05) is 24.3 Å². The predicted octanol–water partition coefficient (Wildman–Crippen LogP) is 2.65. The van der Waals surface area contributed by atoms with Crippen LogP contribution in [0, 0.1) is 10.1 Å². The van der Waals surface area contributed by atoms with E-state index in [0.717, 1.165) is 11.0 Å². The van der Waals surface area contributed by atoms with E-state index in [1.165, 1.54) is 12.1 Å². The second-order valence-corrected chi connectivity index (χ2v) is 4.75. The summed E-state index contributed by atoms with van der Waals surface area (Å²) in [6.07, 6.45) is 0.120. The van der Waals surface area contributed by atoms with Gasteiger partial charge < -0.3 is 4.98 Å². The summed E-state index contributed by atoms with van der Waals surface area (Å²) in [5.41, 5.74) is 2.31. The summed E-state index contributed by atoms with van der Waals surface area (Å²) in [7, 11) is 0. The zero-order valence-corrected chi connectivity index (χ0v) is 11.4. The Balaban J connectivity index is 1.68. The van der Waals surface area contributed by atoms with Crippen LogP contribution in [0.3, 0.4) is 0 Å².